The maximum absolute atomic E-state index is 11.8. The largest absolute Gasteiger partial charge is 0.462 e. The van der Waals surface area contributed by atoms with Gasteiger partial charge in [-0.2, -0.15) is 0 Å². The molecule has 0 amide bonds. The average Bonchev–Trinajstić information content (AvgIpc) is 2.59. The molecule has 0 aliphatic carbocycles. The van der Waals surface area contributed by atoms with Gasteiger partial charge in [0.05, 0.1) is 12.2 Å². The van der Waals surface area contributed by atoms with E-state index >= 15 is 0 Å². The lowest BCUT2D eigenvalue weighted by Gasteiger charge is -2.11. The minimum Gasteiger partial charge on any atom is -0.462 e. The Balaban J connectivity index is 1.76. The smallest absolute Gasteiger partial charge is 0.338 e. The van der Waals surface area contributed by atoms with Crippen LogP contribution in [0, 0.1) is 6.92 Å². The van der Waals surface area contributed by atoms with Gasteiger partial charge in [0, 0.05) is 12.2 Å². The molecule has 25 heavy (non-hydrogen) atoms. The first-order valence-corrected chi connectivity index (χ1v) is 8.87. The highest BCUT2D eigenvalue weighted by molar-refractivity contribution is 7.80. The molecule has 132 valence electrons. The van der Waals surface area contributed by atoms with Gasteiger partial charge in [-0.3, -0.25) is 0 Å². The molecule has 2 N–H and O–H groups in total. The number of hydrogen-bond acceptors (Lipinski definition) is 3. The molecule has 0 radical (unpaired) electrons. The molecule has 0 fully saturated rings. The van der Waals surface area contributed by atoms with E-state index in [4.69, 9.17) is 17.0 Å². The summed E-state index contributed by atoms with van der Waals surface area (Å²) < 4.78 is 5.00. The van der Waals surface area contributed by atoms with Gasteiger partial charge in [0.1, 0.15) is 0 Å². The predicted octanol–water partition coefficient (Wildman–Crippen LogP) is 4.09. The summed E-state index contributed by atoms with van der Waals surface area (Å²) in [7, 11) is 0. The lowest BCUT2D eigenvalue weighted by Crippen LogP contribution is -2.29. The number of benzene rings is 2. The lowest BCUT2D eigenvalue weighted by atomic mass is 10.1. The second-order valence-electron chi connectivity index (χ2n) is 5.77. The summed E-state index contributed by atoms with van der Waals surface area (Å²) in [6.07, 6.45) is 2.00. The van der Waals surface area contributed by atoms with Crippen molar-refractivity contribution in [2.45, 2.75) is 26.7 Å². The molecule has 0 aliphatic rings. The molecule has 2 aromatic carbocycles. The van der Waals surface area contributed by atoms with Gasteiger partial charge in [-0.1, -0.05) is 35.9 Å². The maximum atomic E-state index is 11.8. The van der Waals surface area contributed by atoms with E-state index < -0.39 is 0 Å². The molecule has 4 nitrogen and oxygen atoms in total. The number of hydrogen-bond donors (Lipinski definition) is 2. The van der Waals surface area contributed by atoms with Crippen LogP contribution in [0.25, 0.3) is 0 Å². The van der Waals surface area contributed by atoms with Crippen LogP contribution in [0.5, 0.6) is 0 Å². The first-order chi connectivity index (χ1) is 12.1. The molecule has 5 heteroatoms. The second kappa shape index (κ2) is 9.79. The highest BCUT2D eigenvalue weighted by Gasteiger charge is 2.07. The van der Waals surface area contributed by atoms with Gasteiger partial charge in [0.15, 0.2) is 5.11 Å². The Bertz CT molecular complexity index is 731. The van der Waals surface area contributed by atoms with Gasteiger partial charge in [-0.15, -0.1) is 0 Å². The summed E-state index contributed by atoms with van der Waals surface area (Å²) >= 11 is 5.31. The Hall–Kier alpha value is -2.40. The Morgan fingerprint density at radius 2 is 1.96 bits per heavy atom. The number of ether oxygens (including phenoxy) is 1. The van der Waals surface area contributed by atoms with E-state index in [0.717, 1.165) is 25.1 Å². The van der Waals surface area contributed by atoms with Crippen LogP contribution in [0.1, 0.15) is 34.8 Å². The number of esters is 1. The SMILES string of the molecule is CCOC(=O)c1cccc(NC(=S)NCCCc2cccc(C)c2)c1. The number of carbonyl (C=O) groups excluding carboxylic acids is 1. The Kier molecular flexibility index (Phi) is 7.41. The third-order valence-corrected chi connectivity index (χ3v) is 3.89. The Labute approximate surface area is 154 Å². The van der Waals surface area contributed by atoms with Gasteiger partial charge in [-0.05, 0) is 62.7 Å². The maximum Gasteiger partial charge on any atom is 0.338 e. The van der Waals surface area contributed by atoms with Crippen LogP contribution in [-0.4, -0.2) is 24.2 Å². The van der Waals surface area contributed by atoms with Crippen molar-refractivity contribution in [2.24, 2.45) is 0 Å². The zero-order valence-electron chi connectivity index (χ0n) is 14.7. The number of carbonyl (C=O) groups is 1. The molecule has 2 aromatic rings. The van der Waals surface area contributed by atoms with Crippen molar-refractivity contribution < 1.29 is 9.53 Å². The van der Waals surface area contributed by atoms with E-state index in [-0.39, 0.29) is 5.97 Å². The predicted molar refractivity (Wildman–Crippen MR) is 106 cm³/mol. The summed E-state index contributed by atoms with van der Waals surface area (Å²) in [5.41, 5.74) is 3.89. The van der Waals surface area contributed by atoms with Crippen LogP contribution < -0.4 is 10.6 Å². The van der Waals surface area contributed by atoms with Crippen LogP contribution in [0.2, 0.25) is 0 Å². The molecule has 0 atom stereocenters. The molecular weight excluding hydrogens is 332 g/mol. The fourth-order valence-electron chi connectivity index (χ4n) is 2.48. The van der Waals surface area contributed by atoms with Crippen molar-refractivity contribution in [1.82, 2.24) is 5.32 Å². The molecular formula is C20H24N2O2S. The van der Waals surface area contributed by atoms with Crippen molar-refractivity contribution in [3.8, 4) is 0 Å². The monoisotopic (exact) mass is 356 g/mol. The number of nitrogens with one attached hydrogen (secondary N) is 2. The fraction of sp³-hybridized carbons (Fsp3) is 0.300. The zero-order chi connectivity index (χ0) is 18.1. The molecule has 0 aromatic heterocycles. The quantitative estimate of drug-likeness (QED) is 0.444. The lowest BCUT2D eigenvalue weighted by molar-refractivity contribution is 0.0526. The van der Waals surface area contributed by atoms with Gasteiger partial charge >= 0.3 is 5.97 Å². The van der Waals surface area contributed by atoms with E-state index in [1.807, 2.05) is 6.07 Å². The molecule has 0 unspecified atom stereocenters. The van der Waals surface area contributed by atoms with Crippen molar-refractivity contribution in [3.05, 3.63) is 65.2 Å². The molecule has 2 rings (SSSR count). The van der Waals surface area contributed by atoms with Crippen LogP contribution in [0.3, 0.4) is 0 Å². The minimum absolute atomic E-state index is 0.330. The van der Waals surface area contributed by atoms with Crippen LogP contribution >= 0.6 is 12.2 Å². The Morgan fingerprint density at radius 1 is 1.16 bits per heavy atom. The van der Waals surface area contributed by atoms with Gasteiger partial charge in [0.25, 0.3) is 0 Å². The minimum atomic E-state index is -0.330. The molecule has 0 bridgehead atoms. The third-order valence-electron chi connectivity index (χ3n) is 3.64. The van der Waals surface area contributed by atoms with Gasteiger partial charge in [-0.25, -0.2) is 4.79 Å². The summed E-state index contributed by atoms with van der Waals surface area (Å²) in [5.74, 6) is -0.330. The normalized spacial score (nSPS) is 10.2. The second-order valence-corrected chi connectivity index (χ2v) is 6.18. The molecule has 0 heterocycles. The highest BCUT2D eigenvalue weighted by atomic mass is 32.1. The summed E-state index contributed by atoms with van der Waals surface area (Å²) in [6.45, 7) is 5.04. The molecule has 0 saturated carbocycles. The topological polar surface area (TPSA) is 50.4 Å². The fourth-order valence-corrected chi connectivity index (χ4v) is 2.70. The third kappa shape index (κ3) is 6.55. The summed E-state index contributed by atoms with van der Waals surface area (Å²) in [5, 5.41) is 6.84. The number of rotatable bonds is 7. The van der Waals surface area contributed by atoms with Crippen molar-refractivity contribution in [1.29, 1.82) is 0 Å². The van der Waals surface area contributed by atoms with E-state index in [2.05, 4.69) is 41.8 Å². The van der Waals surface area contributed by atoms with Crippen molar-refractivity contribution in [3.63, 3.8) is 0 Å². The van der Waals surface area contributed by atoms with E-state index in [9.17, 15) is 4.79 Å². The Morgan fingerprint density at radius 3 is 2.72 bits per heavy atom. The van der Waals surface area contributed by atoms with Crippen molar-refractivity contribution in [2.75, 3.05) is 18.5 Å². The van der Waals surface area contributed by atoms with Crippen molar-refractivity contribution >= 4 is 29.0 Å². The molecule has 0 saturated heterocycles. The standard InChI is InChI=1S/C20H24N2O2S/c1-3-24-19(23)17-10-5-11-18(14-17)22-20(25)21-12-6-9-16-8-4-7-15(2)13-16/h4-5,7-8,10-11,13-14H,3,6,9,12H2,1-2H3,(H2,21,22,25). The molecule has 0 spiro atoms. The van der Waals surface area contributed by atoms with Gasteiger partial charge < -0.3 is 15.4 Å². The molecule has 0 aliphatic heterocycles. The zero-order valence-corrected chi connectivity index (χ0v) is 15.5. The number of thiocarbonyl (C=S) groups is 1. The van der Waals surface area contributed by atoms with Gasteiger partial charge in [0.2, 0.25) is 0 Å². The first-order valence-electron chi connectivity index (χ1n) is 8.46. The van der Waals surface area contributed by atoms with E-state index in [1.165, 1.54) is 11.1 Å². The summed E-state index contributed by atoms with van der Waals surface area (Å²) in [6, 6.07) is 15.7. The highest BCUT2D eigenvalue weighted by Crippen LogP contribution is 2.12. The number of anilines is 1. The summed E-state index contributed by atoms with van der Waals surface area (Å²) in [4.78, 5) is 11.8. The van der Waals surface area contributed by atoms with Crippen LogP contribution in [-0.2, 0) is 11.2 Å². The van der Waals surface area contributed by atoms with Crippen LogP contribution in [0.15, 0.2) is 48.5 Å². The van der Waals surface area contributed by atoms with E-state index in [1.54, 1.807) is 25.1 Å². The van der Waals surface area contributed by atoms with E-state index in [0.29, 0.717) is 17.3 Å². The first kappa shape index (κ1) is 18.9. The van der Waals surface area contributed by atoms with Crippen LogP contribution in [0.4, 0.5) is 5.69 Å². The average molecular weight is 356 g/mol. The number of aryl methyl sites for hydroxylation is 2.